The van der Waals surface area contributed by atoms with Crippen LogP contribution in [0.1, 0.15) is 27.0 Å². The van der Waals surface area contributed by atoms with Crippen molar-refractivity contribution >= 4 is 45.6 Å². The van der Waals surface area contributed by atoms with Crippen LogP contribution in [0.25, 0.3) is 10.9 Å². The Hall–Kier alpha value is -2.93. The van der Waals surface area contributed by atoms with Crippen LogP contribution in [0.2, 0.25) is 0 Å². The van der Waals surface area contributed by atoms with E-state index >= 15 is 0 Å². The number of aromatic nitrogens is 1. The maximum absolute atomic E-state index is 12.3. The number of rotatable bonds is 5. The second-order valence-corrected chi connectivity index (χ2v) is 8.11. The zero-order valence-corrected chi connectivity index (χ0v) is 18.1. The molecule has 0 unspecified atom stereocenters. The lowest BCUT2D eigenvalue weighted by molar-refractivity contribution is 0.0955. The quantitative estimate of drug-likeness (QED) is 0.227. The number of hydrogen-bond donors (Lipinski definition) is 1. The first-order valence-electron chi connectivity index (χ1n) is 9.33. The second-order valence-electron chi connectivity index (χ2n) is 6.86. The third-order valence-electron chi connectivity index (χ3n) is 4.90. The van der Waals surface area contributed by atoms with Gasteiger partial charge >= 0.3 is 0 Å². The standard InChI is InChI=1S/C24H20IN3O/c1-17-6-2-3-7-19(17)15-28-16-20(22-8-4-5-9-23(22)28)14-26-27-24(29)18-10-12-21(25)13-11-18/h2-14,16H,15H2,1H3,(H,27,29)/b26-14-. The number of hydrazone groups is 1. The normalized spacial score (nSPS) is 11.2. The Kier molecular flexibility index (Phi) is 5.76. The van der Waals surface area contributed by atoms with Gasteiger partial charge in [-0.05, 0) is 71.0 Å². The number of hydrogen-bond acceptors (Lipinski definition) is 2. The molecule has 1 amide bonds. The van der Waals surface area contributed by atoms with Crippen molar-refractivity contribution in [2.75, 3.05) is 0 Å². The smallest absolute Gasteiger partial charge is 0.271 e. The lowest BCUT2D eigenvalue weighted by Crippen LogP contribution is -2.17. The van der Waals surface area contributed by atoms with E-state index in [1.165, 1.54) is 11.1 Å². The third kappa shape index (κ3) is 4.40. The molecule has 5 heteroatoms. The Labute approximate surface area is 183 Å². The van der Waals surface area contributed by atoms with E-state index in [2.05, 4.69) is 87.2 Å². The fourth-order valence-corrected chi connectivity index (χ4v) is 3.67. The van der Waals surface area contributed by atoms with Gasteiger partial charge in [0.05, 0.1) is 6.21 Å². The van der Waals surface area contributed by atoms with Gasteiger partial charge in [-0.3, -0.25) is 4.79 Å². The minimum atomic E-state index is -0.221. The number of para-hydroxylation sites is 1. The van der Waals surface area contributed by atoms with Gasteiger partial charge in [0.1, 0.15) is 0 Å². The highest BCUT2D eigenvalue weighted by Crippen LogP contribution is 2.22. The Morgan fingerprint density at radius 3 is 2.55 bits per heavy atom. The van der Waals surface area contributed by atoms with Crippen LogP contribution in [0.15, 0.2) is 84.1 Å². The van der Waals surface area contributed by atoms with Crippen LogP contribution in [0, 0.1) is 10.5 Å². The Bertz CT molecular complexity index is 1190. The Morgan fingerprint density at radius 1 is 1.03 bits per heavy atom. The van der Waals surface area contributed by atoms with Crippen molar-refractivity contribution in [3.63, 3.8) is 0 Å². The highest BCUT2D eigenvalue weighted by molar-refractivity contribution is 14.1. The van der Waals surface area contributed by atoms with Crippen LogP contribution < -0.4 is 5.43 Å². The summed E-state index contributed by atoms with van der Waals surface area (Å²) in [6, 6.07) is 24.0. The largest absolute Gasteiger partial charge is 0.342 e. The van der Waals surface area contributed by atoms with Crippen molar-refractivity contribution in [3.8, 4) is 0 Å². The van der Waals surface area contributed by atoms with Crippen molar-refractivity contribution in [1.29, 1.82) is 0 Å². The van der Waals surface area contributed by atoms with Gasteiger partial charge in [0.15, 0.2) is 0 Å². The molecule has 4 nitrogen and oxygen atoms in total. The molecule has 0 bridgehead atoms. The fourth-order valence-electron chi connectivity index (χ4n) is 3.31. The maximum Gasteiger partial charge on any atom is 0.271 e. The number of halogens is 1. The lowest BCUT2D eigenvalue weighted by Gasteiger charge is -2.08. The predicted octanol–water partition coefficient (Wildman–Crippen LogP) is 5.37. The molecule has 0 atom stereocenters. The Morgan fingerprint density at radius 2 is 1.76 bits per heavy atom. The van der Waals surface area contributed by atoms with Crippen molar-refractivity contribution in [1.82, 2.24) is 9.99 Å². The van der Waals surface area contributed by atoms with Gasteiger partial charge in [0.2, 0.25) is 0 Å². The highest BCUT2D eigenvalue weighted by atomic mass is 127. The monoisotopic (exact) mass is 493 g/mol. The van der Waals surface area contributed by atoms with Crippen molar-refractivity contribution in [2.24, 2.45) is 5.10 Å². The number of nitrogens with one attached hydrogen (secondary N) is 1. The number of carbonyl (C=O) groups excluding carboxylic acids is 1. The third-order valence-corrected chi connectivity index (χ3v) is 5.62. The van der Waals surface area contributed by atoms with E-state index in [-0.39, 0.29) is 5.91 Å². The van der Waals surface area contributed by atoms with Gasteiger partial charge in [-0.2, -0.15) is 5.10 Å². The molecule has 3 aromatic carbocycles. The molecule has 1 N–H and O–H groups in total. The highest BCUT2D eigenvalue weighted by Gasteiger charge is 2.09. The Balaban J connectivity index is 1.57. The van der Waals surface area contributed by atoms with E-state index in [0.717, 1.165) is 26.6 Å². The van der Waals surface area contributed by atoms with Crippen LogP contribution in [-0.2, 0) is 6.54 Å². The topological polar surface area (TPSA) is 46.4 Å². The van der Waals surface area contributed by atoms with Crippen molar-refractivity contribution in [2.45, 2.75) is 13.5 Å². The summed E-state index contributed by atoms with van der Waals surface area (Å²) in [7, 11) is 0. The van der Waals surface area contributed by atoms with Gasteiger partial charge in [-0.15, -0.1) is 0 Å². The van der Waals surface area contributed by atoms with E-state index in [0.29, 0.717) is 5.56 Å². The first-order valence-corrected chi connectivity index (χ1v) is 10.4. The summed E-state index contributed by atoms with van der Waals surface area (Å²) in [5.74, 6) is -0.221. The lowest BCUT2D eigenvalue weighted by atomic mass is 10.1. The van der Waals surface area contributed by atoms with Gasteiger partial charge in [-0.1, -0.05) is 42.5 Å². The summed E-state index contributed by atoms with van der Waals surface area (Å²) >= 11 is 2.21. The van der Waals surface area contributed by atoms with Crippen LogP contribution >= 0.6 is 22.6 Å². The summed E-state index contributed by atoms with van der Waals surface area (Å²) in [4.78, 5) is 12.3. The molecule has 0 fully saturated rings. The van der Waals surface area contributed by atoms with Crippen molar-refractivity contribution < 1.29 is 4.79 Å². The minimum Gasteiger partial charge on any atom is -0.342 e. The summed E-state index contributed by atoms with van der Waals surface area (Å²) < 4.78 is 3.31. The number of carbonyl (C=O) groups is 1. The molecule has 0 radical (unpaired) electrons. The molecule has 1 aromatic heterocycles. The molecule has 29 heavy (non-hydrogen) atoms. The van der Waals surface area contributed by atoms with Crippen LogP contribution in [0.4, 0.5) is 0 Å². The average molecular weight is 493 g/mol. The SMILES string of the molecule is Cc1ccccc1Cn1cc(/C=N\NC(=O)c2ccc(I)cc2)c2ccccc21. The summed E-state index contributed by atoms with van der Waals surface area (Å²) in [5.41, 5.74) is 7.87. The predicted molar refractivity (Wildman–Crippen MR) is 126 cm³/mol. The van der Waals surface area contributed by atoms with Gasteiger partial charge < -0.3 is 4.57 Å². The molecule has 0 saturated heterocycles. The molecular weight excluding hydrogens is 473 g/mol. The molecule has 4 aromatic rings. The molecule has 0 aliphatic heterocycles. The molecule has 1 heterocycles. The molecule has 144 valence electrons. The molecule has 0 saturated carbocycles. The van der Waals surface area contributed by atoms with Gasteiger partial charge in [0.25, 0.3) is 5.91 Å². The summed E-state index contributed by atoms with van der Waals surface area (Å²) in [6.07, 6.45) is 3.79. The van der Waals surface area contributed by atoms with E-state index in [9.17, 15) is 4.79 Å². The summed E-state index contributed by atoms with van der Waals surface area (Å²) in [5, 5.41) is 5.29. The number of benzene rings is 3. The first kappa shape index (κ1) is 19.4. The fraction of sp³-hybridized carbons (Fsp3) is 0.0833. The number of amides is 1. The van der Waals surface area contributed by atoms with E-state index < -0.39 is 0 Å². The van der Waals surface area contributed by atoms with E-state index in [4.69, 9.17) is 0 Å². The van der Waals surface area contributed by atoms with E-state index in [1.807, 2.05) is 24.3 Å². The number of nitrogens with zero attached hydrogens (tertiary/aromatic N) is 2. The van der Waals surface area contributed by atoms with Crippen LogP contribution in [0.3, 0.4) is 0 Å². The van der Waals surface area contributed by atoms with Crippen molar-refractivity contribution in [3.05, 3.63) is 105 Å². The molecule has 0 aliphatic rings. The van der Waals surface area contributed by atoms with Gasteiger partial charge in [-0.25, -0.2) is 5.43 Å². The number of fused-ring (bicyclic) bond motifs is 1. The molecule has 0 spiro atoms. The maximum atomic E-state index is 12.3. The zero-order valence-electron chi connectivity index (χ0n) is 16.0. The van der Waals surface area contributed by atoms with E-state index in [1.54, 1.807) is 18.3 Å². The summed E-state index contributed by atoms with van der Waals surface area (Å²) in [6.45, 7) is 2.92. The van der Waals surface area contributed by atoms with Crippen LogP contribution in [0.5, 0.6) is 0 Å². The number of aryl methyl sites for hydroxylation is 1. The second kappa shape index (κ2) is 8.61. The average Bonchev–Trinajstić information content (AvgIpc) is 3.08. The minimum absolute atomic E-state index is 0.221. The zero-order chi connectivity index (χ0) is 20.2. The molecule has 4 rings (SSSR count). The first-order chi connectivity index (χ1) is 14.1. The van der Waals surface area contributed by atoms with Gasteiger partial charge in [0, 0.05) is 38.3 Å². The van der Waals surface area contributed by atoms with Crippen LogP contribution in [-0.4, -0.2) is 16.7 Å². The molecular formula is C24H20IN3O. The molecule has 0 aliphatic carbocycles.